The standard InChI is InChI=1S/C26H19ClN2O3S/c1-14-8-9-16(27)13-18(14)29-25(31)20-21(26(29)32)23(24(30)19-7-4-12-33-19)28-11-10-15-5-2-3-6-17(15)22(20)28/h2-13,20-23H,1H3. The molecule has 1 aromatic heterocycles. The summed E-state index contributed by atoms with van der Waals surface area (Å²) >= 11 is 7.57. The molecule has 0 bridgehead atoms. The molecule has 6 rings (SSSR count). The van der Waals surface area contributed by atoms with Crippen molar-refractivity contribution in [2.75, 3.05) is 4.90 Å². The van der Waals surface area contributed by atoms with Crippen LogP contribution in [0.1, 0.15) is 32.4 Å². The van der Waals surface area contributed by atoms with E-state index in [0.717, 1.165) is 16.7 Å². The lowest BCUT2D eigenvalue weighted by atomic mass is 9.84. The first-order chi connectivity index (χ1) is 16.0. The van der Waals surface area contributed by atoms with Crippen LogP contribution in [0.4, 0.5) is 5.69 Å². The maximum absolute atomic E-state index is 13.9. The molecule has 2 fully saturated rings. The number of benzene rings is 2. The zero-order chi connectivity index (χ0) is 22.9. The minimum absolute atomic E-state index is 0.127. The molecule has 5 nitrogen and oxygen atoms in total. The van der Waals surface area contributed by atoms with Crippen molar-refractivity contribution in [2.45, 2.75) is 19.0 Å². The van der Waals surface area contributed by atoms with Gasteiger partial charge in [-0.1, -0.05) is 48.0 Å². The number of fused-ring (bicyclic) bond motifs is 5. The number of Topliss-reactive ketones (excluding diaryl/α,β-unsaturated/α-hetero) is 1. The van der Waals surface area contributed by atoms with Crippen LogP contribution < -0.4 is 4.90 Å². The van der Waals surface area contributed by atoms with Gasteiger partial charge < -0.3 is 4.90 Å². The number of ketones is 1. The van der Waals surface area contributed by atoms with Crippen molar-refractivity contribution in [3.63, 3.8) is 0 Å². The molecule has 2 saturated heterocycles. The van der Waals surface area contributed by atoms with E-state index in [1.54, 1.807) is 24.3 Å². The summed E-state index contributed by atoms with van der Waals surface area (Å²) in [4.78, 5) is 45.2. The molecule has 4 atom stereocenters. The number of nitrogens with zero attached hydrogens (tertiary/aromatic N) is 2. The highest BCUT2D eigenvalue weighted by molar-refractivity contribution is 7.12. The molecule has 4 heterocycles. The van der Waals surface area contributed by atoms with Gasteiger partial charge in [-0.15, -0.1) is 11.3 Å². The maximum Gasteiger partial charge on any atom is 0.240 e. The molecule has 2 aromatic carbocycles. The molecule has 4 unspecified atom stereocenters. The molecule has 0 aliphatic carbocycles. The molecule has 0 radical (unpaired) electrons. The Morgan fingerprint density at radius 3 is 2.58 bits per heavy atom. The van der Waals surface area contributed by atoms with Crippen LogP contribution in [0.3, 0.4) is 0 Å². The van der Waals surface area contributed by atoms with Gasteiger partial charge in [-0.2, -0.15) is 0 Å². The lowest BCUT2D eigenvalue weighted by molar-refractivity contribution is -0.123. The summed E-state index contributed by atoms with van der Waals surface area (Å²) in [7, 11) is 0. The SMILES string of the molecule is Cc1ccc(Cl)cc1N1C(=O)C2C(C1=O)C1c3ccccc3C=CN1C2C(=O)c1cccs1. The Hall–Kier alpha value is -3.22. The molecule has 3 aliphatic rings. The molecule has 0 N–H and O–H groups in total. The van der Waals surface area contributed by atoms with Gasteiger partial charge in [0.05, 0.1) is 28.4 Å². The predicted molar refractivity (Wildman–Crippen MR) is 128 cm³/mol. The summed E-state index contributed by atoms with van der Waals surface area (Å²) in [5.41, 5.74) is 3.23. The first-order valence-corrected chi connectivity index (χ1v) is 12.0. The second-order valence-corrected chi connectivity index (χ2v) is 10.0. The van der Waals surface area contributed by atoms with Crippen molar-refractivity contribution in [3.05, 3.63) is 92.8 Å². The van der Waals surface area contributed by atoms with Crippen molar-refractivity contribution in [1.82, 2.24) is 4.90 Å². The lowest BCUT2D eigenvalue weighted by Crippen LogP contribution is -2.44. The van der Waals surface area contributed by atoms with Crippen LogP contribution in [0.25, 0.3) is 6.08 Å². The Morgan fingerprint density at radius 1 is 1.00 bits per heavy atom. The highest BCUT2D eigenvalue weighted by Gasteiger charge is 2.64. The monoisotopic (exact) mass is 474 g/mol. The van der Waals surface area contributed by atoms with E-state index in [2.05, 4.69) is 0 Å². The van der Waals surface area contributed by atoms with E-state index < -0.39 is 17.9 Å². The van der Waals surface area contributed by atoms with E-state index in [-0.39, 0.29) is 23.6 Å². The van der Waals surface area contributed by atoms with Gasteiger partial charge in [0, 0.05) is 11.2 Å². The normalized spacial score (nSPS) is 25.3. The molecule has 3 aromatic rings. The first kappa shape index (κ1) is 20.4. The second-order valence-electron chi connectivity index (χ2n) is 8.62. The van der Waals surface area contributed by atoms with E-state index in [4.69, 9.17) is 11.6 Å². The van der Waals surface area contributed by atoms with Gasteiger partial charge in [0.2, 0.25) is 11.8 Å². The summed E-state index contributed by atoms with van der Waals surface area (Å²) in [6.45, 7) is 1.85. The summed E-state index contributed by atoms with van der Waals surface area (Å²) in [6.07, 6.45) is 3.83. The van der Waals surface area contributed by atoms with Crippen molar-refractivity contribution >= 4 is 52.3 Å². The highest BCUT2D eigenvalue weighted by atomic mass is 35.5. The third-order valence-electron chi connectivity index (χ3n) is 6.91. The number of rotatable bonds is 3. The Labute approximate surface area is 199 Å². The molecule has 3 aliphatic heterocycles. The van der Waals surface area contributed by atoms with Crippen molar-refractivity contribution in [1.29, 1.82) is 0 Å². The van der Waals surface area contributed by atoms with E-state index in [9.17, 15) is 14.4 Å². The van der Waals surface area contributed by atoms with Crippen LogP contribution in [0, 0.1) is 18.8 Å². The Kier molecular flexibility index (Phi) is 4.57. The van der Waals surface area contributed by atoms with Crippen LogP contribution in [-0.2, 0) is 9.59 Å². The molecule has 7 heteroatoms. The number of aryl methyl sites for hydroxylation is 1. The van der Waals surface area contributed by atoms with Crippen LogP contribution in [0.15, 0.2) is 66.2 Å². The number of thiophene rings is 1. The summed E-state index contributed by atoms with van der Waals surface area (Å²) < 4.78 is 0. The van der Waals surface area contributed by atoms with Crippen LogP contribution in [0.2, 0.25) is 5.02 Å². The number of halogens is 1. The summed E-state index contributed by atoms with van der Waals surface area (Å²) in [5, 5.41) is 2.30. The molecular weight excluding hydrogens is 456 g/mol. The minimum Gasteiger partial charge on any atom is -0.358 e. The van der Waals surface area contributed by atoms with Gasteiger partial charge in [0.15, 0.2) is 5.78 Å². The molecule has 164 valence electrons. The molecular formula is C26H19ClN2O3S. The average Bonchev–Trinajstić information content (AvgIpc) is 3.52. The van der Waals surface area contributed by atoms with Gasteiger partial charge >= 0.3 is 0 Å². The van der Waals surface area contributed by atoms with E-state index >= 15 is 0 Å². The Morgan fingerprint density at radius 2 is 1.79 bits per heavy atom. The first-order valence-electron chi connectivity index (χ1n) is 10.7. The number of carbonyl (C=O) groups is 3. The Balaban J connectivity index is 1.52. The summed E-state index contributed by atoms with van der Waals surface area (Å²) in [5.74, 6) is -2.18. The number of anilines is 1. The third kappa shape index (κ3) is 2.87. The van der Waals surface area contributed by atoms with Crippen molar-refractivity contribution < 1.29 is 14.4 Å². The maximum atomic E-state index is 13.9. The number of carbonyl (C=O) groups excluding carboxylic acids is 3. The van der Waals surface area contributed by atoms with E-state index in [1.165, 1.54) is 16.2 Å². The van der Waals surface area contributed by atoms with Crippen molar-refractivity contribution in [3.8, 4) is 0 Å². The van der Waals surface area contributed by atoms with Gasteiger partial charge in [-0.3, -0.25) is 14.4 Å². The van der Waals surface area contributed by atoms with E-state index in [0.29, 0.717) is 15.6 Å². The predicted octanol–water partition coefficient (Wildman–Crippen LogP) is 5.11. The average molecular weight is 475 g/mol. The lowest BCUT2D eigenvalue weighted by Gasteiger charge is -2.35. The molecule has 33 heavy (non-hydrogen) atoms. The Bertz CT molecular complexity index is 1350. The van der Waals surface area contributed by atoms with Gasteiger partial charge in [0.25, 0.3) is 0 Å². The summed E-state index contributed by atoms with van der Waals surface area (Å²) in [6, 6.07) is 15.5. The zero-order valence-corrected chi connectivity index (χ0v) is 19.2. The van der Waals surface area contributed by atoms with Crippen molar-refractivity contribution in [2.24, 2.45) is 11.8 Å². The van der Waals surface area contributed by atoms with Gasteiger partial charge in [-0.25, -0.2) is 4.90 Å². The van der Waals surface area contributed by atoms with Gasteiger partial charge in [-0.05, 0) is 53.3 Å². The fraction of sp³-hybridized carbons (Fsp3) is 0.192. The quantitative estimate of drug-likeness (QED) is 0.391. The van der Waals surface area contributed by atoms with Gasteiger partial charge in [0.1, 0.15) is 6.04 Å². The van der Waals surface area contributed by atoms with Crippen LogP contribution in [0.5, 0.6) is 0 Å². The fourth-order valence-corrected chi connectivity index (χ4v) is 6.35. The number of hydrogen-bond acceptors (Lipinski definition) is 5. The number of imide groups is 1. The topological polar surface area (TPSA) is 57.7 Å². The number of hydrogen-bond donors (Lipinski definition) is 0. The second kappa shape index (κ2) is 7.40. The van der Waals surface area contributed by atoms with Crippen LogP contribution >= 0.6 is 22.9 Å². The smallest absolute Gasteiger partial charge is 0.240 e. The molecule has 2 amide bonds. The minimum atomic E-state index is -0.772. The third-order valence-corrected chi connectivity index (χ3v) is 8.03. The van der Waals surface area contributed by atoms with E-state index in [1.807, 2.05) is 59.8 Å². The molecule has 0 saturated carbocycles. The van der Waals surface area contributed by atoms with Crippen LogP contribution in [-0.4, -0.2) is 28.5 Å². The highest BCUT2D eigenvalue weighted by Crippen LogP contribution is 2.54. The zero-order valence-electron chi connectivity index (χ0n) is 17.6. The largest absolute Gasteiger partial charge is 0.358 e. The number of amides is 2. The molecule has 0 spiro atoms. The fourth-order valence-electron chi connectivity index (χ4n) is 5.48.